The fraction of sp³-hybridized carbons (Fsp3) is 1.00. The molecular weight excluding hydrogens is 194 g/mol. The summed E-state index contributed by atoms with van der Waals surface area (Å²) in [6.07, 6.45) is 5.92. The first kappa shape index (κ1) is 12.4. The molecule has 16 heavy (non-hydrogen) atoms. The van der Waals surface area contributed by atoms with Crippen LogP contribution in [-0.4, -0.2) is 23.5 Å². The van der Waals surface area contributed by atoms with E-state index in [-0.39, 0.29) is 0 Å². The SMILES string of the molecule is CC(C)C1CCC2(CCN(C(C)(C)C)C2)C1. The second kappa shape index (κ2) is 4.01. The highest BCUT2D eigenvalue weighted by Gasteiger charge is 2.46. The second-order valence-electron chi connectivity index (χ2n) is 7.59. The van der Waals surface area contributed by atoms with Crippen LogP contribution in [-0.2, 0) is 0 Å². The Morgan fingerprint density at radius 1 is 1.19 bits per heavy atom. The van der Waals surface area contributed by atoms with E-state index >= 15 is 0 Å². The Kier molecular flexibility index (Phi) is 3.11. The molecule has 2 atom stereocenters. The Morgan fingerprint density at radius 2 is 1.88 bits per heavy atom. The monoisotopic (exact) mass is 223 g/mol. The molecule has 1 saturated carbocycles. The molecule has 2 fully saturated rings. The number of hydrogen-bond acceptors (Lipinski definition) is 1. The van der Waals surface area contributed by atoms with Crippen LogP contribution in [0.4, 0.5) is 0 Å². The predicted octanol–water partition coefficient (Wildman–Crippen LogP) is 3.93. The van der Waals surface area contributed by atoms with Crippen molar-refractivity contribution in [2.45, 2.75) is 65.8 Å². The molecule has 1 heterocycles. The van der Waals surface area contributed by atoms with Gasteiger partial charge in [0.1, 0.15) is 0 Å². The van der Waals surface area contributed by atoms with Gasteiger partial charge in [-0.2, -0.15) is 0 Å². The normalized spacial score (nSPS) is 36.8. The van der Waals surface area contributed by atoms with E-state index < -0.39 is 0 Å². The standard InChI is InChI=1S/C15H29N/c1-12(2)13-6-7-15(10-13)8-9-16(11-15)14(3,4)5/h12-13H,6-11H2,1-5H3. The van der Waals surface area contributed by atoms with Crippen LogP contribution < -0.4 is 0 Å². The molecule has 0 radical (unpaired) electrons. The van der Waals surface area contributed by atoms with Crippen molar-refractivity contribution in [3.05, 3.63) is 0 Å². The van der Waals surface area contributed by atoms with Gasteiger partial charge in [-0.1, -0.05) is 13.8 Å². The maximum absolute atomic E-state index is 2.70. The lowest BCUT2D eigenvalue weighted by atomic mass is 9.82. The number of rotatable bonds is 1. The minimum atomic E-state index is 0.374. The van der Waals surface area contributed by atoms with E-state index in [1.807, 2.05) is 0 Å². The highest BCUT2D eigenvalue weighted by molar-refractivity contribution is 4.99. The molecule has 1 saturated heterocycles. The van der Waals surface area contributed by atoms with Gasteiger partial charge in [-0.15, -0.1) is 0 Å². The van der Waals surface area contributed by atoms with Gasteiger partial charge in [0, 0.05) is 12.1 Å². The molecule has 1 heteroatoms. The van der Waals surface area contributed by atoms with Crippen LogP contribution in [0.3, 0.4) is 0 Å². The predicted molar refractivity (Wildman–Crippen MR) is 70.6 cm³/mol. The summed E-state index contributed by atoms with van der Waals surface area (Å²) in [5.74, 6) is 1.89. The molecule has 0 aromatic heterocycles. The van der Waals surface area contributed by atoms with Crippen LogP contribution in [0.25, 0.3) is 0 Å². The third-order valence-corrected chi connectivity index (χ3v) is 5.07. The van der Waals surface area contributed by atoms with Crippen molar-refractivity contribution in [1.29, 1.82) is 0 Å². The van der Waals surface area contributed by atoms with E-state index in [0.717, 1.165) is 11.8 Å². The fourth-order valence-corrected chi connectivity index (χ4v) is 3.70. The van der Waals surface area contributed by atoms with E-state index in [1.165, 1.54) is 38.8 Å². The lowest BCUT2D eigenvalue weighted by Gasteiger charge is -2.34. The highest BCUT2D eigenvalue weighted by Crippen LogP contribution is 2.51. The van der Waals surface area contributed by atoms with Gasteiger partial charge in [0.2, 0.25) is 0 Å². The van der Waals surface area contributed by atoms with Crippen molar-refractivity contribution < 1.29 is 0 Å². The molecular formula is C15H29N. The molecule has 94 valence electrons. The smallest absolute Gasteiger partial charge is 0.0125 e. The first-order valence-corrected chi connectivity index (χ1v) is 7.07. The van der Waals surface area contributed by atoms with Crippen LogP contribution in [0.5, 0.6) is 0 Å². The molecule has 2 unspecified atom stereocenters. The average molecular weight is 223 g/mol. The number of hydrogen-bond donors (Lipinski definition) is 0. The molecule has 1 spiro atoms. The van der Waals surface area contributed by atoms with Gasteiger partial charge in [0.25, 0.3) is 0 Å². The van der Waals surface area contributed by atoms with Crippen molar-refractivity contribution in [3.63, 3.8) is 0 Å². The highest BCUT2D eigenvalue weighted by atomic mass is 15.2. The minimum absolute atomic E-state index is 0.374. The first-order valence-electron chi connectivity index (χ1n) is 7.07. The molecule has 2 rings (SSSR count). The summed E-state index contributed by atoms with van der Waals surface area (Å²) in [7, 11) is 0. The van der Waals surface area contributed by atoms with Crippen molar-refractivity contribution in [2.75, 3.05) is 13.1 Å². The Balaban J connectivity index is 1.98. The molecule has 0 aromatic rings. The van der Waals surface area contributed by atoms with Crippen LogP contribution in [0.1, 0.15) is 60.3 Å². The molecule has 1 aliphatic carbocycles. The summed E-state index contributed by atoms with van der Waals surface area (Å²) in [5, 5.41) is 0. The second-order valence-corrected chi connectivity index (χ2v) is 7.59. The summed E-state index contributed by atoms with van der Waals surface area (Å²) >= 11 is 0. The van der Waals surface area contributed by atoms with Crippen molar-refractivity contribution >= 4 is 0 Å². The van der Waals surface area contributed by atoms with Gasteiger partial charge < -0.3 is 0 Å². The lowest BCUT2D eigenvalue weighted by Crippen LogP contribution is -2.40. The van der Waals surface area contributed by atoms with Gasteiger partial charge in [-0.25, -0.2) is 0 Å². The Labute approximate surface area is 102 Å². The van der Waals surface area contributed by atoms with Gasteiger partial charge in [0.15, 0.2) is 0 Å². The zero-order valence-corrected chi connectivity index (χ0v) is 11.8. The third-order valence-electron chi connectivity index (χ3n) is 5.07. The molecule has 1 nitrogen and oxygen atoms in total. The van der Waals surface area contributed by atoms with Crippen LogP contribution in [0.2, 0.25) is 0 Å². The summed E-state index contributed by atoms with van der Waals surface area (Å²) in [5.41, 5.74) is 1.07. The summed E-state index contributed by atoms with van der Waals surface area (Å²) in [6.45, 7) is 14.6. The van der Waals surface area contributed by atoms with Crippen LogP contribution in [0, 0.1) is 17.3 Å². The Bertz CT molecular complexity index is 251. The maximum Gasteiger partial charge on any atom is 0.0125 e. The fourth-order valence-electron chi connectivity index (χ4n) is 3.70. The van der Waals surface area contributed by atoms with E-state index in [0.29, 0.717) is 11.0 Å². The van der Waals surface area contributed by atoms with Crippen LogP contribution in [0.15, 0.2) is 0 Å². The minimum Gasteiger partial charge on any atom is -0.298 e. The summed E-state index contributed by atoms with van der Waals surface area (Å²) in [6, 6.07) is 0. The molecule has 1 aliphatic heterocycles. The van der Waals surface area contributed by atoms with Gasteiger partial charge in [0.05, 0.1) is 0 Å². The topological polar surface area (TPSA) is 3.24 Å². The largest absolute Gasteiger partial charge is 0.298 e. The molecule has 0 bridgehead atoms. The van der Waals surface area contributed by atoms with E-state index in [4.69, 9.17) is 0 Å². The van der Waals surface area contributed by atoms with E-state index in [1.54, 1.807) is 0 Å². The summed E-state index contributed by atoms with van der Waals surface area (Å²) < 4.78 is 0. The molecule has 0 N–H and O–H groups in total. The zero-order valence-electron chi connectivity index (χ0n) is 11.8. The molecule has 2 aliphatic rings. The average Bonchev–Trinajstić information content (AvgIpc) is 2.73. The maximum atomic E-state index is 2.70. The van der Waals surface area contributed by atoms with Crippen molar-refractivity contribution in [2.24, 2.45) is 17.3 Å². The quantitative estimate of drug-likeness (QED) is 0.651. The van der Waals surface area contributed by atoms with Crippen LogP contribution >= 0.6 is 0 Å². The van der Waals surface area contributed by atoms with E-state index in [2.05, 4.69) is 39.5 Å². The molecule has 0 amide bonds. The van der Waals surface area contributed by atoms with Crippen molar-refractivity contribution in [3.8, 4) is 0 Å². The number of nitrogens with zero attached hydrogens (tertiary/aromatic N) is 1. The van der Waals surface area contributed by atoms with Gasteiger partial charge >= 0.3 is 0 Å². The Morgan fingerprint density at radius 3 is 2.31 bits per heavy atom. The lowest BCUT2D eigenvalue weighted by molar-refractivity contribution is 0.146. The zero-order chi connectivity index (χ0) is 12.0. The Hall–Kier alpha value is -0.0400. The number of likely N-dealkylation sites (tertiary alicyclic amines) is 1. The molecule has 0 aromatic carbocycles. The van der Waals surface area contributed by atoms with Crippen molar-refractivity contribution in [1.82, 2.24) is 4.90 Å². The van der Waals surface area contributed by atoms with E-state index in [9.17, 15) is 0 Å². The summed E-state index contributed by atoms with van der Waals surface area (Å²) in [4.78, 5) is 2.70. The van der Waals surface area contributed by atoms with Gasteiger partial charge in [-0.05, 0) is 70.3 Å². The third kappa shape index (κ3) is 2.30. The van der Waals surface area contributed by atoms with Gasteiger partial charge in [-0.3, -0.25) is 4.90 Å². The first-order chi connectivity index (χ1) is 7.32.